The van der Waals surface area contributed by atoms with Crippen LogP contribution in [-0.4, -0.2) is 23.4 Å². The molecular formula is C14H16N2O3S. The molecule has 1 aromatic carbocycles. The molecule has 1 aliphatic rings. The topological polar surface area (TPSA) is 72.6 Å². The second-order valence-corrected chi connectivity index (χ2v) is 5.87. The maximum atomic E-state index is 12.2. The molecule has 0 spiro atoms. The predicted molar refractivity (Wildman–Crippen MR) is 79.6 cm³/mol. The molecule has 0 atom stereocenters. The van der Waals surface area contributed by atoms with Gasteiger partial charge in [0.2, 0.25) is 11.8 Å². The number of nitrogens with two attached hydrogens (primary N) is 1. The van der Waals surface area contributed by atoms with Crippen molar-refractivity contribution in [2.24, 2.45) is 11.1 Å². The van der Waals surface area contributed by atoms with Gasteiger partial charge >= 0.3 is 0 Å². The first-order valence-corrected chi connectivity index (χ1v) is 6.60. The van der Waals surface area contributed by atoms with Gasteiger partial charge in [-0.25, -0.2) is 0 Å². The molecule has 0 aliphatic carbocycles. The van der Waals surface area contributed by atoms with E-state index in [1.165, 1.54) is 4.90 Å². The number of rotatable bonds is 4. The number of anilines is 1. The molecule has 20 heavy (non-hydrogen) atoms. The maximum Gasteiger partial charge on any atom is 0.239 e. The van der Waals surface area contributed by atoms with Gasteiger partial charge in [0.1, 0.15) is 17.3 Å². The van der Waals surface area contributed by atoms with Crippen molar-refractivity contribution in [2.75, 3.05) is 11.5 Å². The van der Waals surface area contributed by atoms with Crippen molar-refractivity contribution in [2.45, 2.75) is 20.3 Å². The molecule has 5 nitrogen and oxygen atoms in total. The van der Waals surface area contributed by atoms with E-state index in [2.05, 4.69) is 0 Å². The molecule has 1 aromatic rings. The number of hydrogen-bond acceptors (Lipinski definition) is 4. The van der Waals surface area contributed by atoms with Crippen molar-refractivity contribution in [3.8, 4) is 5.75 Å². The van der Waals surface area contributed by atoms with Crippen LogP contribution in [-0.2, 0) is 9.59 Å². The Morgan fingerprint density at radius 1 is 1.35 bits per heavy atom. The van der Waals surface area contributed by atoms with E-state index in [1.807, 2.05) is 0 Å². The summed E-state index contributed by atoms with van der Waals surface area (Å²) in [5.74, 6) is 0.219. The van der Waals surface area contributed by atoms with Crippen LogP contribution < -0.4 is 15.4 Å². The second-order valence-electron chi connectivity index (χ2n) is 5.34. The first kappa shape index (κ1) is 14.5. The highest BCUT2D eigenvalue weighted by Crippen LogP contribution is 2.35. The van der Waals surface area contributed by atoms with Crippen LogP contribution in [0.25, 0.3) is 0 Å². The smallest absolute Gasteiger partial charge is 0.239 e. The quantitative estimate of drug-likeness (QED) is 0.674. The van der Waals surface area contributed by atoms with E-state index in [-0.39, 0.29) is 29.8 Å². The number of ether oxygens (including phenoxy) is 1. The van der Waals surface area contributed by atoms with Crippen LogP contribution in [0, 0.1) is 5.41 Å². The molecule has 0 bridgehead atoms. The fourth-order valence-electron chi connectivity index (χ4n) is 2.06. The van der Waals surface area contributed by atoms with Crippen molar-refractivity contribution in [3.63, 3.8) is 0 Å². The Labute approximate surface area is 122 Å². The van der Waals surface area contributed by atoms with Gasteiger partial charge in [0.05, 0.1) is 11.1 Å². The largest absolute Gasteiger partial charge is 0.487 e. The highest BCUT2D eigenvalue weighted by atomic mass is 32.1. The fourth-order valence-corrected chi connectivity index (χ4v) is 2.11. The van der Waals surface area contributed by atoms with Crippen LogP contribution in [0.15, 0.2) is 24.3 Å². The molecule has 2 amide bonds. The van der Waals surface area contributed by atoms with Crippen molar-refractivity contribution >= 4 is 34.7 Å². The van der Waals surface area contributed by atoms with Crippen LogP contribution in [0.4, 0.5) is 5.69 Å². The van der Waals surface area contributed by atoms with Gasteiger partial charge in [-0.1, -0.05) is 26.1 Å². The van der Waals surface area contributed by atoms with Crippen LogP contribution in [0.1, 0.15) is 20.3 Å². The summed E-state index contributed by atoms with van der Waals surface area (Å²) in [7, 11) is 0. The molecule has 106 valence electrons. The minimum atomic E-state index is -0.641. The van der Waals surface area contributed by atoms with Crippen molar-refractivity contribution < 1.29 is 14.3 Å². The zero-order valence-corrected chi connectivity index (χ0v) is 12.2. The Kier molecular flexibility index (Phi) is 3.76. The molecule has 1 aliphatic heterocycles. The molecule has 0 unspecified atom stereocenters. The zero-order chi connectivity index (χ0) is 14.9. The van der Waals surface area contributed by atoms with Gasteiger partial charge in [-0.3, -0.25) is 14.5 Å². The normalized spacial score (nSPS) is 17.4. The first-order chi connectivity index (χ1) is 9.31. The van der Waals surface area contributed by atoms with Gasteiger partial charge in [-0.05, 0) is 24.3 Å². The third-order valence-electron chi connectivity index (χ3n) is 3.10. The lowest BCUT2D eigenvalue weighted by Gasteiger charge is -2.18. The molecule has 6 heteroatoms. The predicted octanol–water partition coefficient (Wildman–Crippen LogP) is 1.64. The number of amides is 2. The Balaban J connectivity index is 2.16. The summed E-state index contributed by atoms with van der Waals surface area (Å²) < 4.78 is 5.33. The van der Waals surface area contributed by atoms with E-state index in [1.54, 1.807) is 38.1 Å². The number of imide groups is 1. The van der Waals surface area contributed by atoms with E-state index in [0.717, 1.165) is 0 Å². The number of thiocarbonyl (C=S) groups is 1. The molecule has 2 rings (SSSR count). The maximum absolute atomic E-state index is 12.2. The number of nitrogens with zero attached hydrogens (tertiary/aromatic N) is 1. The SMILES string of the molecule is CC1(C)CC(=O)N(c2ccc(OCC(N)=S)cc2)C1=O. The summed E-state index contributed by atoms with van der Waals surface area (Å²) in [6.45, 7) is 3.70. The highest BCUT2D eigenvalue weighted by molar-refractivity contribution is 7.80. The summed E-state index contributed by atoms with van der Waals surface area (Å²) in [5.41, 5.74) is 5.25. The number of carbonyl (C=O) groups is 2. The zero-order valence-electron chi connectivity index (χ0n) is 11.4. The Morgan fingerprint density at radius 3 is 2.40 bits per heavy atom. The molecular weight excluding hydrogens is 276 g/mol. The van der Waals surface area contributed by atoms with Crippen molar-refractivity contribution in [1.29, 1.82) is 0 Å². The van der Waals surface area contributed by atoms with Crippen LogP contribution in [0.3, 0.4) is 0 Å². The van der Waals surface area contributed by atoms with Crippen LogP contribution in [0.5, 0.6) is 5.75 Å². The molecule has 0 saturated carbocycles. The van der Waals surface area contributed by atoms with Gasteiger partial charge in [0.25, 0.3) is 0 Å². The molecule has 1 saturated heterocycles. The minimum absolute atomic E-state index is 0.156. The van der Waals surface area contributed by atoms with E-state index in [9.17, 15) is 9.59 Å². The lowest BCUT2D eigenvalue weighted by atomic mass is 9.92. The molecule has 1 fully saturated rings. The molecule has 1 heterocycles. The van der Waals surface area contributed by atoms with E-state index < -0.39 is 5.41 Å². The molecule has 0 aromatic heterocycles. The van der Waals surface area contributed by atoms with Gasteiger partial charge < -0.3 is 10.5 Å². The Morgan fingerprint density at radius 2 is 1.95 bits per heavy atom. The van der Waals surface area contributed by atoms with E-state index in [4.69, 9.17) is 22.7 Å². The summed E-state index contributed by atoms with van der Waals surface area (Å²) in [6, 6.07) is 6.71. The fraction of sp³-hybridized carbons (Fsp3) is 0.357. The van der Waals surface area contributed by atoms with Crippen molar-refractivity contribution in [3.05, 3.63) is 24.3 Å². The third-order valence-corrected chi connectivity index (χ3v) is 3.22. The van der Waals surface area contributed by atoms with Crippen LogP contribution >= 0.6 is 12.2 Å². The summed E-state index contributed by atoms with van der Waals surface area (Å²) in [5, 5.41) is 0. The lowest BCUT2D eigenvalue weighted by Crippen LogP contribution is -2.32. The minimum Gasteiger partial charge on any atom is -0.487 e. The molecule has 2 N–H and O–H groups in total. The average Bonchev–Trinajstić information content (AvgIpc) is 2.57. The van der Waals surface area contributed by atoms with Gasteiger partial charge in [-0.15, -0.1) is 0 Å². The summed E-state index contributed by atoms with van der Waals surface area (Å²) in [6.07, 6.45) is 0.228. The lowest BCUT2D eigenvalue weighted by molar-refractivity contribution is -0.124. The summed E-state index contributed by atoms with van der Waals surface area (Å²) >= 11 is 4.72. The second kappa shape index (κ2) is 5.20. The Hall–Kier alpha value is -1.95. The average molecular weight is 292 g/mol. The van der Waals surface area contributed by atoms with Gasteiger partial charge in [-0.2, -0.15) is 0 Å². The van der Waals surface area contributed by atoms with Gasteiger partial charge in [0.15, 0.2) is 0 Å². The molecule has 0 radical (unpaired) electrons. The number of carbonyl (C=O) groups excluding carboxylic acids is 2. The number of hydrogen-bond donors (Lipinski definition) is 1. The van der Waals surface area contributed by atoms with Crippen LogP contribution in [0.2, 0.25) is 0 Å². The van der Waals surface area contributed by atoms with Crippen molar-refractivity contribution in [1.82, 2.24) is 0 Å². The number of benzene rings is 1. The first-order valence-electron chi connectivity index (χ1n) is 6.20. The summed E-state index contributed by atoms with van der Waals surface area (Å²) in [4.78, 5) is 25.6. The Bertz CT molecular complexity index is 566. The van der Waals surface area contributed by atoms with E-state index in [0.29, 0.717) is 11.4 Å². The van der Waals surface area contributed by atoms with E-state index >= 15 is 0 Å². The monoisotopic (exact) mass is 292 g/mol. The highest BCUT2D eigenvalue weighted by Gasteiger charge is 2.45. The van der Waals surface area contributed by atoms with Gasteiger partial charge in [0, 0.05) is 6.42 Å². The third kappa shape index (κ3) is 2.80. The standard InChI is InChI=1S/C14H16N2O3S/c1-14(2)7-12(17)16(13(14)18)9-3-5-10(6-4-9)19-8-11(15)20/h3-6H,7-8H2,1-2H3,(H2,15,20).